The van der Waals surface area contributed by atoms with E-state index in [1.54, 1.807) is 12.1 Å². The minimum absolute atomic E-state index is 0.0131. The van der Waals surface area contributed by atoms with Crippen molar-refractivity contribution in [3.05, 3.63) is 47.4 Å². The molecule has 2 aromatic rings. The Morgan fingerprint density at radius 3 is 2.71 bits per heavy atom. The number of aromatic nitrogens is 2. The van der Waals surface area contributed by atoms with Gasteiger partial charge in [-0.1, -0.05) is 23.9 Å². The lowest BCUT2D eigenvalue weighted by molar-refractivity contribution is -0.133. The molecule has 0 spiro atoms. The predicted molar refractivity (Wildman–Crippen MR) is 78.1 cm³/mol. The van der Waals surface area contributed by atoms with Crippen molar-refractivity contribution in [1.29, 1.82) is 0 Å². The van der Waals surface area contributed by atoms with Crippen molar-refractivity contribution >= 4 is 17.7 Å². The van der Waals surface area contributed by atoms with Crippen LogP contribution in [0.4, 0.5) is 4.39 Å². The fraction of sp³-hybridized carbons (Fsp3) is 0.333. The molecule has 0 atom stereocenters. The first kappa shape index (κ1) is 14.1. The van der Waals surface area contributed by atoms with E-state index >= 15 is 0 Å². The van der Waals surface area contributed by atoms with E-state index < -0.39 is 5.97 Å². The van der Waals surface area contributed by atoms with Gasteiger partial charge in [0.25, 0.3) is 0 Å². The second kappa shape index (κ2) is 5.89. The van der Waals surface area contributed by atoms with Crippen LogP contribution in [0.5, 0.6) is 0 Å². The van der Waals surface area contributed by atoms with Crippen molar-refractivity contribution in [1.82, 2.24) is 9.78 Å². The zero-order valence-corrected chi connectivity index (χ0v) is 12.1. The molecule has 0 bridgehead atoms. The van der Waals surface area contributed by atoms with Gasteiger partial charge >= 0.3 is 5.97 Å². The van der Waals surface area contributed by atoms with Gasteiger partial charge in [-0.3, -0.25) is 9.48 Å². The quantitative estimate of drug-likeness (QED) is 0.833. The summed E-state index contributed by atoms with van der Waals surface area (Å²) < 4.78 is 14.8. The molecule has 1 heterocycles. The summed E-state index contributed by atoms with van der Waals surface area (Å²) in [7, 11) is 0. The highest BCUT2D eigenvalue weighted by Gasteiger charge is 2.27. The van der Waals surface area contributed by atoms with E-state index in [2.05, 4.69) is 5.10 Å². The molecule has 1 saturated carbocycles. The van der Waals surface area contributed by atoms with E-state index in [0.29, 0.717) is 12.5 Å². The third kappa shape index (κ3) is 3.64. The Labute approximate surface area is 126 Å². The Kier molecular flexibility index (Phi) is 3.96. The number of carbonyl (C=O) groups is 1. The molecule has 6 heteroatoms. The molecule has 1 aromatic heterocycles. The lowest BCUT2D eigenvalue weighted by Crippen LogP contribution is -2.05. The van der Waals surface area contributed by atoms with Gasteiger partial charge < -0.3 is 5.11 Å². The van der Waals surface area contributed by atoms with E-state index in [1.807, 2.05) is 10.7 Å². The Morgan fingerprint density at radius 1 is 1.38 bits per heavy atom. The highest BCUT2D eigenvalue weighted by atomic mass is 32.2. The molecule has 0 aliphatic heterocycles. The van der Waals surface area contributed by atoms with Gasteiger partial charge in [0, 0.05) is 5.92 Å². The number of carboxylic acid groups (broad SMARTS) is 1. The van der Waals surface area contributed by atoms with Crippen LogP contribution in [0.25, 0.3) is 0 Å². The second-order valence-electron chi connectivity index (χ2n) is 5.15. The fourth-order valence-electron chi connectivity index (χ4n) is 2.13. The van der Waals surface area contributed by atoms with Gasteiger partial charge in [0.2, 0.25) is 0 Å². The maximum Gasteiger partial charge on any atom is 0.313 e. The molecule has 1 fully saturated rings. The third-order valence-electron chi connectivity index (χ3n) is 3.35. The molecule has 110 valence electrons. The molecule has 0 amide bonds. The molecule has 21 heavy (non-hydrogen) atoms. The normalized spacial score (nSPS) is 14.3. The topological polar surface area (TPSA) is 55.1 Å². The van der Waals surface area contributed by atoms with E-state index in [4.69, 9.17) is 5.11 Å². The summed E-state index contributed by atoms with van der Waals surface area (Å²) in [6.07, 6.45) is 2.30. The average Bonchev–Trinajstić information content (AvgIpc) is 3.22. The number of thioether (sulfide) groups is 1. The molecular formula is C15H15FN2O2S. The molecule has 1 aliphatic rings. The van der Waals surface area contributed by atoms with E-state index in [9.17, 15) is 9.18 Å². The molecule has 1 aliphatic carbocycles. The highest BCUT2D eigenvalue weighted by Crippen LogP contribution is 2.40. The smallest absolute Gasteiger partial charge is 0.313 e. The van der Waals surface area contributed by atoms with Crippen molar-refractivity contribution < 1.29 is 14.3 Å². The first-order chi connectivity index (χ1) is 10.1. The van der Waals surface area contributed by atoms with Gasteiger partial charge in [-0.15, -0.1) is 0 Å². The Hall–Kier alpha value is -1.82. The molecule has 4 nitrogen and oxygen atoms in total. The van der Waals surface area contributed by atoms with Gasteiger partial charge in [0.1, 0.15) is 5.82 Å². The van der Waals surface area contributed by atoms with Crippen LogP contribution in [0.1, 0.15) is 30.0 Å². The van der Waals surface area contributed by atoms with Crippen LogP contribution < -0.4 is 0 Å². The lowest BCUT2D eigenvalue weighted by Gasteiger charge is -2.06. The van der Waals surface area contributed by atoms with E-state index in [1.165, 1.54) is 23.9 Å². The number of aliphatic carboxylic acids is 1. The summed E-state index contributed by atoms with van der Waals surface area (Å²) in [5, 5.41) is 14.2. The molecule has 1 N–H and O–H groups in total. The SMILES string of the molecule is O=C(O)CSc1cc(C2CC2)nn1Cc1ccc(F)cc1. The average molecular weight is 306 g/mol. The van der Waals surface area contributed by atoms with Gasteiger partial charge in [0.05, 0.1) is 23.0 Å². The highest BCUT2D eigenvalue weighted by molar-refractivity contribution is 7.99. The summed E-state index contributed by atoms with van der Waals surface area (Å²) in [5.74, 6) is -0.580. The summed E-state index contributed by atoms with van der Waals surface area (Å²) in [6.45, 7) is 0.523. The van der Waals surface area contributed by atoms with Gasteiger partial charge in [-0.05, 0) is 36.6 Å². The molecule has 1 aromatic carbocycles. The third-order valence-corrected chi connectivity index (χ3v) is 4.36. The summed E-state index contributed by atoms with van der Waals surface area (Å²) in [4.78, 5) is 10.7. The number of benzene rings is 1. The number of hydrogen-bond donors (Lipinski definition) is 1. The maximum absolute atomic E-state index is 12.9. The van der Waals surface area contributed by atoms with Crippen molar-refractivity contribution in [3.63, 3.8) is 0 Å². The lowest BCUT2D eigenvalue weighted by atomic mass is 10.2. The van der Waals surface area contributed by atoms with Crippen LogP contribution in [-0.2, 0) is 11.3 Å². The fourth-order valence-corrected chi connectivity index (χ4v) is 2.85. The zero-order chi connectivity index (χ0) is 14.8. The van der Waals surface area contributed by atoms with Crippen LogP contribution in [0, 0.1) is 5.82 Å². The number of rotatable bonds is 6. The Balaban J connectivity index is 1.80. The first-order valence-corrected chi connectivity index (χ1v) is 7.77. The van der Waals surface area contributed by atoms with Crippen molar-refractivity contribution in [2.45, 2.75) is 30.3 Å². The van der Waals surface area contributed by atoms with Crippen LogP contribution in [-0.4, -0.2) is 26.6 Å². The molecular weight excluding hydrogens is 291 g/mol. The maximum atomic E-state index is 12.9. The summed E-state index contributed by atoms with van der Waals surface area (Å²) in [5.41, 5.74) is 1.98. The monoisotopic (exact) mass is 306 g/mol. The number of halogens is 1. The van der Waals surface area contributed by atoms with Crippen LogP contribution >= 0.6 is 11.8 Å². The predicted octanol–water partition coefficient (Wildman–Crippen LogP) is 3.12. The Bertz CT molecular complexity index is 650. The van der Waals surface area contributed by atoms with Crippen LogP contribution in [0.2, 0.25) is 0 Å². The second-order valence-corrected chi connectivity index (χ2v) is 6.14. The van der Waals surface area contributed by atoms with Gasteiger partial charge in [-0.25, -0.2) is 4.39 Å². The molecule has 0 saturated heterocycles. The minimum atomic E-state index is -0.845. The number of hydrogen-bond acceptors (Lipinski definition) is 3. The minimum Gasteiger partial charge on any atom is -0.481 e. The van der Waals surface area contributed by atoms with E-state index in [0.717, 1.165) is 29.1 Å². The summed E-state index contributed by atoms with van der Waals surface area (Å²) in [6, 6.07) is 8.27. The van der Waals surface area contributed by atoms with Gasteiger partial charge in [0.15, 0.2) is 0 Å². The van der Waals surface area contributed by atoms with Crippen molar-refractivity contribution in [2.24, 2.45) is 0 Å². The first-order valence-electron chi connectivity index (χ1n) is 6.78. The molecule has 0 radical (unpaired) electrons. The molecule has 3 rings (SSSR count). The zero-order valence-electron chi connectivity index (χ0n) is 11.3. The molecule has 0 unspecified atom stereocenters. The standard InChI is InChI=1S/C15H15FN2O2S/c16-12-5-1-10(2-6-12)8-18-14(21-9-15(19)20)7-13(17-18)11-3-4-11/h1-2,5-7,11H,3-4,8-9H2,(H,19,20). The van der Waals surface area contributed by atoms with Crippen molar-refractivity contribution in [2.75, 3.05) is 5.75 Å². The van der Waals surface area contributed by atoms with Crippen LogP contribution in [0.15, 0.2) is 35.4 Å². The van der Waals surface area contributed by atoms with Crippen LogP contribution in [0.3, 0.4) is 0 Å². The Morgan fingerprint density at radius 2 is 2.10 bits per heavy atom. The van der Waals surface area contributed by atoms with Crippen molar-refractivity contribution in [3.8, 4) is 0 Å². The largest absolute Gasteiger partial charge is 0.481 e. The van der Waals surface area contributed by atoms with E-state index in [-0.39, 0.29) is 11.6 Å². The number of nitrogens with zero attached hydrogens (tertiary/aromatic N) is 2. The van der Waals surface area contributed by atoms with Gasteiger partial charge in [-0.2, -0.15) is 5.10 Å². The summed E-state index contributed by atoms with van der Waals surface area (Å²) >= 11 is 1.27. The number of carboxylic acids is 1.